The number of methoxy groups -OCH3 is 1. The van der Waals surface area contributed by atoms with Gasteiger partial charge in [-0.15, -0.1) is 0 Å². The highest BCUT2D eigenvalue weighted by Crippen LogP contribution is 1.94. The molecule has 40 heavy (non-hydrogen) atoms. The van der Waals surface area contributed by atoms with Crippen molar-refractivity contribution in [2.75, 3.05) is 159 Å². The molecule has 12 heteroatoms. The highest BCUT2D eigenvalue weighted by molar-refractivity contribution is 4.40. The average Bonchev–Trinajstić information content (AvgIpc) is 2.97. The molecule has 0 rings (SSSR count). The first-order chi connectivity index (χ1) is 19.9. The maximum absolute atomic E-state index is 5.48. The lowest BCUT2D eigenvalue weighted by Crippen LogP contribution is -2.15. The zero-order valence-corrected chi connectivity index (χ0v) is 25.3. The molecule has 0 fully saturated rings. The molecule has 0 bridgehead atoms. The summed E-state index contributed by atoms with van der Waals surface area (Å²) < 4.78 is 64.7. The summed E-state index contributed by atoms with van der Waals surface area (Å²) in [4.78, 5) is 0. The van der Waals surface area contributed by atoms with Crippen molar-refractivity contribution in [2.45, 2.75) is 26.2 Å². The third-order valence-electron chi connectivity index (χ3n) is 5.04. The molecular weight excluding hydrogens is 528 g/mol. The molecule has 0 spiro atoms. The molecule has 242 valence electrons. The van der Waals surface area contributed by atoms with E-state index in [0.717, 1.165) is 13.0 Å². The monoisotopic (exact) mass is 586 g/mol. The van der Waals surface area contributed by atoms with Crippen LogP contribution in [0.15, 0.2) is 0 Å². The fourth-order valence-corrected chi connectivity index (χ4v) is 2.90. The van der Waals surface area contributed by atoms with Crippen LogP contribution in [0.2, 0.25) is 0 Å². The van der Waals surface area contributed by atoms with Crippen LogP contribution in [0.25, 0.3) is 0 Å². The Kier molecular flexibility index (Phi) is 38.1. The fourth-order valence-electron chi connectivity index (χ4n) is 2.90. The molecule has 0 aliphatic heterocycles. The van der Waals surface area contributed by atoms with E-state index in [1.807, 2.05) is 0 Å². The van der Waals surface area contributed by atoms with Crippen LogP contribution in [-0.4, -0.2) is 159 Å². The van der Waals surface area contributed by atoms with Crippen molar-refractivity contribution < 1.29 is 56.8 Å². The second kappa shape index (κ2) is 38.5. The second-order valence-corrected chi connectivity index (χ2v) is 8.44. The van der Waals surface area contributed by atoms with Gasteiger partial charge in [0, 0.05) is 13.7 Å². The van der Waals surface area contributed by atoms with Gasteiger partial charge in [0.25, 0.3) is 0 Å². The van der Waals surface area contributed by atoms with Gasteiger partial charge in [0.05, 0.1) is 145 Å². The van der Waals surface area contributed by atoms with E-state index in [0.29, 0.717) is 145 Å². The van der Waals surface area contributed by atoms with Crippen molar-refractivity contribution in [3.63, 3.8) is 0 Å². The fraction of sp³-hybridized carbons (Fsp3) is 1.00. The first-order valence-corrected chi connectivity index (χ1v) is 14.8. The zero-order valence-electron chi connectivity index (χ0n) is 25.3. The Bertz CT molecular complexity index is 396. The Balaban J connectivity index is 3.01. The standard InChI is InChI=1S/C28H58O12/c1-3-4-5-6-30-9-10-32-13-14-34-17-18-36-21-22-38-25-26-40-28-27-39-24-23-37-20-19-35-16-15-33-12-11-31-8-7-29-2/h3-28H2,1-2H3. The van der Waals surface area contributed by atoms with Gasteiger partial charge in [0.15, 0.2) is 0 Å². The molecule has 0 heterocycles. The number of rotatable bonds is 37. The molecule has 0 amide bonds. The molecule has 0 radical (unpaired) electrons. The summed E-state index contributed by atoms with van der Waals surface area (Å²) in [6.45, 7) is 15.1. The van der Waals surface area contributed by atoms with E-state index >= 15 is 0 Å². The average molecular weight is 587 g/mol. The van der Waals surface area contributed by atoms with E-state index in [-0.39, 0.29) is 0 Å². The predicted octanol–water partition coefficient (Wildman–Crippen LogP) is 2.01. The summed E-state index contributed by atoms with van der Waals surface area (Å²) >= 11 is 0. The number of ether oxygens (including phenoxy) is 12. The summed E-state index contributed by atoms with van der Waals surface area (Å²) in [5.41, 5.74) is 0. The minimum Gasteiger partial charge on any atom is -0.382 e. The van der Waals surface area contributed by atoms with Crippen LogP contribution in [-0.2, 0) is 56.8 Å². The van der Waals surface area contributed by atoms with Crippen molar-refractivity contribution in [3.8, 4) is 0 Å². The van der Waals surface area contributed by atoms with Gasteiger partial charge in [-0.05, 0) is 6.42 Å². The van der Waals surface area contributed by atoms with Gasteiger partial charge in [-0.25, -0.2) is 0 Å². The largest absolute Gasteiger partial charge is 0.382 e. The zero-order chi connectivity index (χ0) is 28.9. The van der Waals surface area contributed by atoms with Gasteiger partial charge < -0.3 is 56.8 Å². The Morgan fingerprint density at radius 1 is 0.250 bits per heavy atom. The number of unbranched alkanes of at least 4 members (excludes halogenated alkanes) is 2. The van der Waals surface area contributed by atoms with E-state index in [9.17, 15) is 0 Å². The smallest absolute Gasteiger partial charge is 0.0701 e. The molecule has 0 unspecified atom stereocenters. The van der Waals surface area contributed by atoms with Gasteiger partial charge in [-0.1, -0.05) is 19.8 Å². The molecule has 0 aliphatic carbocycles. The van der Waals surface area contributed by atoms with Gasteiger partial charge in [-0.3, -0.25) is 0 Å². The van der Waals surface area contributed by atoms with Crippen molar-refractivity contribution in [2.24, 2.45) is 0 Å². The molecule has 0 N–H and O–H groups in total. The topological polar surface area (TPSA) is 111 Å². The first kappa shape index (κ1) is 39.5. The molecule has 0 aromatic heterocycles. The van der Waals surface area contributed by atoms with Gasteiger partial charge in [0.2, 0.25) is 0 Å². The van der Waals surface area contributed by atoms with E-state index < -0.39 is 0 Å². The highest BCUT2D eigenvalue weighted by Gasteiger charge is 1.96. The second-order valence-electron chi connectivity index (χ2n) is 8.44. The Morgan fingerprint density at radius 2 is 0.450 bits per heavy atom. The van der Waals surface area contributed by atoms with Crippen LogP contribution >= 0.6 is 0 Å². The van der Waals surface area contributed by atoms with Gasteiger partial charge in [-0.2, -0.15) is 0 Å². The van der Waals surface area contributed by atoms with Gasteiger partial charge in [0.1, 0.15) is 0 Å². The Morgan fingerprint density at radius 3 is 0.650 bits per heavy atom. The molecule has 12 nitrogen and oxygen atoms in total. The highest BCUT2D eigenvalue weighted by atomic mass is 16.6. The van der Waals surface area contributed by atoms with Crippen LogP contribution in [0, 0.1) is 0 Å². The third kappa shape index (κ3) is 37.5. The lowest BCUT2D eigenvalue weighted by molar-refractivity contribution is -0.0280. The maximum atomic E-state index is 5.48. The van der Waals surface area contributed by atoms with E-state index in [4.69, 9.17) is 56.8 Å². The minimum absolute atomic E-state index is 0.521. The van der Waals surface area contributed by atoms with Crippen molar-refractivity contribution in [1.82, 2.24) is 0 Å². The Hall–Kier alpha value is -0.480. The van der Waals surface area contributed by atoms with Crippen LogP contribution in [0.4, 0.5) is 0 Å². The maximum Gasteiger partial charge on any atom is 0.0701 e. The molecule has 0 aromatic rings. The van der Waals surface area contributed by atoms with Crippen molar-refractivity contribution >= 4 is 0 Å². The molecule has 0 aliphatic rings. The van der Waals surface area contributed by atoms with Crippen LogP contribution in [0.3, 0.4) is 0 Å². The number of hydrogen-bond acceptors (Lipinski definition) is 12. The molecule has 0 aromatic carbocycles. The molecule has 0 atom stereocenters. The van der Waals surface area contributed by atoms with Crippen molar-refractivity contribution in [3.05, 3.63) is 0 Å². The molecular formula is C28H58O12. The predicted molar refractivity (Wildman–Crippen MR) is 150 cm³/mol. The minimum atomic E-state index is 0.521. The van der Waals surface area contributed by atoms with E-state index in [2.05, 4.69) is 6.92 Å². The van der Waals surface area contributed by atoms with Gasteiger partial charge >= 0.3 is 0 Å². The van der Waals surface area contributed by atoms with E-state index in [1.54, 1.807) is 7.11 Å². The summed E-state index contributed by atoms with van der Waals surface area (Å²) in [6.07, 6.45) is 3.55. The van der Waals surface area contributed by atoms with E-state index in [1.165, 1.54) is 12.8 Å². The quantitative estimate of drug-likeness (QED) is 0.0993. The third-order valence-corrected chi connectivity index (χ3v) is 5.04. The summed E-state index contributed by atoms with van der Waals surface area (Å²) in [5.74, 6) is 0. The molecule has 0 saturated heterocycles. The normalized spacial score (nSPS) is 11.6. The molecule has 0 saturated carbocycles. The summed E-state index contributed by atoms with van der Waals surface area (Å²) in [7, 11) is 1.65. The SMILES string of the molecule is CCCCCOCCOCCOCCOCCOCCOCCOCCOCCOCCOCCOCCOC. The number of hydrogen-bond donors (Lipinski definition) is 0. The lowest BCUT2D eigenvalue weighted by atomic mass is 10.3. The summed E-state index contributed by atoms with van der Waals surface area (Å²) in [6, 6.07) is 0. The van der Waals surface area contributed by atoms with Crippen LogP contribution in [0.5, 0.6) is 0 Å². The van der Waals surface area contributed by atoms with Crippen LogP contribution in [0.1, 0.15) is 26.2 Å². The first-order valence-electron chi connectivity index (χ1n) is 14.8. The summed E-state index contributed by atoms with van der Waals surface area (Å²) in [5, 5.41) is 0. The van der Waals surface area contributed by atoms with Crippen LogP contribution < -0.4 is 0 Å². The Labute approximate surface area is 242 Å². The lowest BCUT2D eigenvalue weighted by Gasteiger charge is -2.09. The van der Waals surface area contributed by atoms with Crippen molar-refractivity contribution in [1.29, 1.82) is 0 Å².